The zero-order valence-corrected chi connectivity index (χ0v) is 16.9. The van der Waals surface area contributed by atoms with Gasteiger partial charge in [-0.05, 0) is 36.2 Å². The summed E-state index contributed by atoms with van der Waals surface area (Å²) in [6.07, 6.45) is 1.96. The topological polar surface area (TPSA) is 57.7 Å². The monoisotopic (exact) mass is 412 g/mol. The molecular formula is C18H21ClN2O3S2. The van der Waals surface area contributed by atoms with E-state index < -0.39 is 10.0 Å². The number of carbonyl (C=O) groups excluding carboxylic acids is 1. The number of aryl methyl sites for hydroxylation is 1. The molecule has 1 aromatic heterocycles. The average Bonchev–Trinajstić information content (AvgIpc) is 3.08. The summed E-state index contributed by atoms with van der Waals surface area (Å²) >= 11 is 7.13. The summed E-state index contributed by atoms with van der Waals surface area (Å²) in [4.78, 5) is 15.0. The van der Waals surface area contributed by atoms with E-state index in [9.17, 15) is 13.2 Å². The summed E-state index contributed by atoms with van der Waals surface area (Å²) in [5.41, 5.74) is 1.14. The van der Waals surface area contributed by atoms with Gasteiger partial charge in [-0.15, -0.1) is 11.3 Å². The van der Waals surface area contributed by atoms with Crippen LogP contribution in [-0.4, -0.2) is 49.7 Å². The molecule has 1 aliphatic rings. The molecule has 2 aromatic rings. The highest BCUT2D eigenvalue weighted by Gasteiger charge is 2.30. The van der Waals surface area contributed by atoms with Crippen molar-refractivity contribution in [3.05, 3.63) is 51.2 Å². The molecule has 1 saturated heterocycles. The number of carbonyl (C=O) groups is 1. The van der Waals surface area contributed by atoms with Gasteiger partial charge in [-0.1, -0.05) is 37.1 Å². The first-order chi connectivity index (χ1) is 12.4. The Balaban J connectivity index is 1.65. The third-order valence-electron chi connectivity index (χ3n) is 4.41. The van der Waals surface area contributed by atoms with E-state index in [0.29, 0.717) is 40.3 Å². The van der Waals surface area contributed by atoms with E-state index in [1.165, 1.54) is 15.6 Å². The van der Waals surface area contributed by atoms with Crippen molar-refractivity contribution in [1.29, 1.82) is 0 Å². The van der Waals surface area contributed by atoms with Gasteiger partial charge in [-0.25, -0.2) is 8.42 Å². The third kappa shape index (κ3) is 4.11. The lowest BCUT2D eigenvalue weighted by atomic mass is 10.1. The van der Waals surface area contributed by atoms with Crippen LogP contribution in [-0.2, 0) is 16.4 Å². The lowest BCUT2D eigenvalue weighted by molar-refractivity contribution is 0.0703. The molecule has 0 atom stereocenters. The van der Waals surface area contributed by atoms with Gasteiger partial charge in [-0.2, -0.15) is 4.31 Å². The number of halogens is 1. The molecule has 3 rings (SSSR count). The first-order valence-corrected chi connectivity index (χ1v) is 11.2. The normalized spacial score (nSPS) is 16.0. The number of hydrogen-bond donors (Lipinski definition) is 0. The van der Waals surface area contributed by atoms with E-state index in [1.54, 1.807) is 29.2 Å². The van der Waals surface area contributed by atoms with Crippen LogP contribution in [0.3, 0.4) is 0 Å². The SMILES string of the molecule is CCCc1ccc(S(=O)(=O)N2CCN(C(=O)c3ccc(Cl)s3)CC2)cc1. The molecule has 0 spiro atoms. The highest BCUT2D eigenvalue weighted by molar-refractivity contribution is 7.89. The molecule has 8 heteroatoms. The van der Waals surface area contributed by atoms with Crippen molar-refractivity contribution in [2.24, 2.45) is 0 Å². The zero-order valence-electron chi connectivity index (χ0n) is 14.5. The lowest BCUT2D eigenvalue weighted by Crippen LogP contribution is -2.50. The fourth-order valence-electron chi connectivity index (χ4n) is 2.98. The van der Waals surface area contributed by atoms with Gasteiger partial charge in [-0.3, -0.25) is 4.79 Å². The molecule has 1 aliphatic heterocycles. The Morgan fingerprint density at radius 3 is 2.27 bits per heavy atom. The Bertz CT molecular complexity index is 870. The van der Waals surface area contributed by atoms with Crippen LogP contribution in [0, 0.1) is 0 Å². The molecule has 0 radical (unpaired) electrons. The Morgan fingerprint density at radius 2 is 1.73 bits per heavy atom. The minimum Gasteiger partial charge on any atom is -0.335 e. The van der Waals surface area contributed by atoms with Crippen LogP contribution < -0.4 is 0 Å². The molecule has 140 valence electrons. The number of rotatable bonds is 5. The third-order valence-corrected chi connectivity index (χ3v) is 7.54. The second kappa shape index (κ2) is 8.08. The zero-order chi connectivity index (χ0) is 18.7. The first kappa shape index (κ1) is 19.4. The van der Waals surface area contributed by atoms with Crippen molar-refractivity contribution < 1.29 is 13.2 Å². The summed E-state index contributed by atoms with van der Waals surface area (Å²) in [6, 6.07) is 10.5. The molecule has 2 heterocycles. The van der Waals surface area contributed by atoms with Gasteiger partial charge < -0.3 is 4.90 Å². The van der Waals surface area contributed by atoms with Crippen molar-refractivity contribution in [2.45, 2.75) is 24.7 Å². The summed E-state index contributed by atoms with van der Waals surface area (Å²) in [7, 11) is -3.53. The molecule has 1 fully saturated rings. The number of amides is 1. The van der Waals surface area contributed by atoms with E-state index in [2.05, 4.69) is 6.92 Å². The predicted molar refractivity (Wildman–Crippen MR) is 104 cm³/mol. The molecule has 0 bridgehead atoms. The lowest BCUT2D eigenvalue weighted by Gasteiger charge is -2.33. The first-order valence-electron chi connectivity index (χ1n) is 8.55. The molecule has 1 amide bonds. The van der Waals surface area contributed by atoms with Gasteiger partial charge >= 0.3 is 0 Å². The molecular weight excluding hydrogens is 392 g/mol. The summed E-state index contributed by atoms with van der Waals surface area (Å²) < 4.78 is 27.6. The highest BCUT2D eigenvalue weighted by atomic mass is 35.5. The van der Waals surface area contributed by atoms with Crippen molar-refractivity contribution in [3.8, 4) is 0 Å². The van der Waals surface area contributed by atoms with Gasteiger partial charge in [0.05, 0.1) is 14.1 Å². The van der Waals surface area contributed by atoms with E-state index >= 15 is 0 Å². The van der Waals surface area contributed by atoms with E-state index in [0.717, 1.165) is 18.4 Å². The molecule has 26 heavy (non-hydrogen) atoms. The van der Waals surface area contributed by atoms with Crippen molar-refractivity contribution in [1.82, 2.24) is 9.21 Å². The fraction of sp³-hybridized carbons (Fsp3) is 0.389. The number of sulfonamides is 1. The van der Waals surface area contributed by atoms with Crippen LogP contribution in [0.5, 0.6) is 0 Å². The molecule has 0 aliphatic carbocycles. The highest BCUT2D eigenvalue weighted by Crippen LogP contribution is 2.24. The van der Waals surface area contributed by atoms with Crippen LogP contribution in [0.15, 0.2) is 41.3 Å². The fourth-order valence-corrected chi connectivity index (χ4v) is 5.42. The maximum absolute atomic E-state index is 12.8. The molecule has 5 nitrogen and oxygen atoms in total. The summed E-state index contributed by atoms with van der Waals surface area (Å²) in [5, 5.41) is 0. The minimum atomic E-state index is -3.53. The number of piperazine rings is 1. The van der Waals surface area contributed by atoms with Crippen LogP contribution in [0.4, 0.5) is 0 Å². The molecule has 0 saturated carbocycles. The van der Waals surface area contributed by atoms with Gasteiger partial charge in [0.15, 0.2) is 0 Å². The van der Waals surface area contributed by atoms with Crippen molar-refractivity contribution in [3.63, 3.8) is 0 Å². The van der Waals surface area contributed by atoms with E-state index in [-0.39, 0.29) is 5.91 Å². The number of thiophene rings is 1. The number of nitrogens with zero attached hydrogens (tertiary/aromatic N) is 2. The quantitative estimate of drug-likeness (QED) is 0.755. The van der Waals surface area contributed by atoms with Crippen LogP contribution in [0.1, 0.15) is 28.6 Å². The van der Waals surface area contributed by atoms with Crippen molar-refractivity contribution >= 4 is 38.9 Å². The maximum Gasteiger partial charge on any atom is 0.264 e. The van der Waals surface area contributed by atoms with Gasteiger partial charge in [0.25, 0.3) is 5.91 Å². The summed E-state index contributed by atoms with van der Waals surface area (Å²) in [6.45, 7) is 3.44. The standard InChI is InChI=1S/C18H21ClN2O3S2/c1-2-3-14-4-6-15(7-5-14)26(23,24)21-12-10-20(11-13-21)18(22)16-8-9-17(19)25-16/h4-9H,2-3,10-13H2,1H3. The smallest absolute Gasteiger partial charge is 0.264 e. The molecule has 0 N–H and O–H groups in total. The maximum atomic E-state index is 12.8. The van der Waals surface area contributed by atoms with Crippen LogP contribution in [0.2, 0.25) is 4.34 Å². The Hall–Kier alpha value is -1.41. The van der Waals surface area contributed by atoms with Gasteiger partial charge in [0.2, 0.25) is 10.0 Å². The van der Waals surface area contributed by atoms with Gasteiger partial charge in [0.1, 0.15) is 0 Å². The summed E-state index contributed by atoms with van der Waals surface area (Å²) in [5.74, 6) is -0.0946. The van der Waals surface area contributed by atoms with Crippen LogP contribution >= 0.6 is 22.9 Å². The molecule has 0 unspecified atom stereocenters. The van der Waals surface area contributed by atoms with Gasteiger partial charge in [0, 0.05) is 26.2 Å². The Kier molecular flexibility index (Phi) is 6.02. The number of hydrogen-bond acceptors (Lipinski definition) is 4. The molecule has 1 aromatic carbocycles. The van der Waals surface area contributed by atoms with E-state index in [4.69, 9.17) is 11.6 Å². The van der Waals surface area contributed by atoms with Crippen LogP contribution in [0.25, 0.3) is 0 Å². The number of benzene rings is 1. The second-order valence-electron chi connectivity index (χ2n) is 6.19. The Morgan fingerprint density at radius 1 is 1.08 bits per heavy atom. The predicted octanol–water partition coefficient (Wildman–Crippen LogP) is 3.50. The average molecular weight is 413 g/mol. The minimum absolute atomic E-state index is 0.0946. The van der Waals surface area contributed by atoms with E-state index in [1.807, 2.05) is 12.1 Å². The Labute approximate surface area is 163 Å². The largest absolute Gasteiger partial charge is 0.335 e. The van der Waals surface area contributed by atoms with Crippen molar-refractivity contribution in [2.75, 3.05) is 26.2 Å². The second-order valence-corrected chi connectivity index (χ2v) is 9.85.